The monoisotopic (exact) mass is 325 g/mol. The third-order valence-corrected chi connectivity index (χ3v) is 3.55. The molecule has 1 atom stereocenters. The third kappa shape index (κ3) is 4.81. The van der Waals surface area contributed by atoms with E-state index < -0.39 is 6.10 Å². The van der Waals surface area contributed by atoms with Crippen LogP contribution in [0.25, 0.3) is 0 Å². The molecule has 0 radical (unpaired) electrons. The number of hydrogen-bond donors (Lipinski definition) is 2. The van der Waals surface area contributed by atoms with Crippen LogP contribution in [0.4, 0.5) is 5.69 Å². The maximum absolute atomic E-state index is 9.93. The second-order valence-electron chi connectivity index (χ2n) is 4.76. The SMILES string of the molecule is Cc1ccc(NCC(O)COc2ccccc2Cl)c(Cl)c1. The van der Waals surface area contributed by atoms with Gasteiger partial charge in [-0.05, 0) is 36.8 Å². The number of aliphatic hydroxyl groups is 1. The molecule has 112 valence electrons. The molecular weight excluding hydrogens is 309 g/mol. The average molecular weight is 326 g/mol. The molecule has 0 saturated heterocycles. The fraction of sp³-hybridized carbons (Fsp3) is 0.250. The van der Waals surface area contributed by atoms with E-state index in [9.17, 15) is 5.11 Å². The van der Waals surface area contributed by atoms with Gasteiger partial charge in [-0.15, -0.1) is 0 Å². The van der Waals surface area contributed by atoms with E-state index in [1.165, 1.54) is 0 Å². The van der Waals surface area contributed by atoms with Crippen LogP contribution < -0.4 is 10.1 Å². The molecule has 0 amide bonds. The van der Waals surface area contributed by atoms with E-state index in [1.54, 1.807) is 12.1 Å². The average Bonchev–Trinajstić information content (AvgIpc) is 2.45. The number of hydrogen-bond acceptors (Lipinski definition) is 3. The minimum absolute atomic E-state index is 0.153. The van der Waals surface area contributed by atoms with E-state index in [4.69, 9.17) is 27.9 Å². The van der Waals surface area contributed by atoms with Crippen LogP contribution in [0.3, 0.4) is 0 Å². The summed E-state index contributed by atoms with van der Waals surface area (Å²) in [6.07, 6.45) is -0.668. The van der Waals surface area contributed by atoms with E-state index in [-0.39, 0.29) is 6.61 Å². The minimum Gasteiger partial charge on any atom is -0.489 e. The van der Waals surface area contributed by atoms with E-state index in [2.05, 4.69) is 5.32 Å². The van der Waals surface area contributed by atoms with E-state index in [0.29, 0.717) is 22.3 Å². The molecule has 0 spiro atoms. The van der Waals surface area contributed by atoms with Crippen LogP contribution >= 0.6 is 23.2 Å². The summed E-state index contributed by atoms with van der Waals surface area (Å²) in [5.74, 6) is 0.562. The summed E-state index contributed by atoms with van der Waals surface area (Å²) >= 11 is 12.1. The van der Waals surface area contributed by atoms with E-state index in [1.807, 2.05) is 37.3 Å². The highest BCUT2D eigenvalue weighted by Gasteiger charge is 2.08. The Morgan fingerprint density at radius 2 is 1.90 bits per heavy atom. The molecule has 2 rings (SSSR count). The molecule has 1 unspecified atom stereocenters. The highest BCUT2D eigenvalue weighted by Crippen LogP contribution is 2.24. The lowest BCUT2D eigenvalue weighted by Gasteiger charge is -2.15. The van der Waals surface area contributed by atoms with Crippen molar-refractivity contribution in [3.63, 3.8) is 0 Å². The summed E-state index contributed by atoms with van der Waals surface area (Å²) in [7, 11) is 0. The van der Waals surface area contributed by atoms with Crippen molar-refractivity contribution >= 4 is 28.9 Å². The van der Waals surface area contributed by atoms with Crippen LogP contribution in [0.1, 0.15) is 5.56 Å². The number of benzene rings is 2. The molecule has 2 aromatic carbocycles. The molecule has 0 fully saturated rings. The molecular formula is C16H17Cl2NO2. The lowest BCUT2D eigenvalue weighted by molar-refractivity contribution is 0.117. The maximum atomic E-state index is 9.93. The zero-order chi connectivity index (χ0) is 15.2. The van der Waals surface area contributed by atoms with Crippen LogP contribution in [-0.4, -0.2) is 24.4 Å². The van der Waals surface area contributed by atoms with Crippen LogP contribution in [0.5, 0.6) is 5.75 Å². The first-order valence-corrected chi connectivity index (χ1v) is 7.37. The van der Waals surface area contributed by atoms with Gasteiger partial charge in [0.2, 0.25) is 0 Å². The Hall–Kier alpha value is -1.42. The summed E-state index contributed by atoms with van der Waals surface area (Å²) in [6, 6.07) is 12.9. The first-order valence-electron chi connectivity index (χ1n) is 6.61. The smallest absolute Gasteiger partial charge is 0.138 e. The summed E-state index contributed by atoms with van der Waals surface area (Å²) in [5.41, 5.74) is 1.88. The quantitative estimate of drug-likeness (QED) is 0.838. The van der Waals surface area contributed by atoms with Gasteiger partial charge in [-0.2, -0.15) is 0 Å². The topological polar surface area (TPSA) is 41.5 Å². The highest BCUT2D eigenvalue weighted by atomic mass is 35.5. The van der Waals surface area contributed by atoms with Crippen LogP contribution in [0.2, 0.25) is 10.0 Å². The molecule has 0 aliphatic carbocycles. The lowest BCUT2D eigenvalue weighted by Crippen LogP contribution is -2.26. The molecule has 2 aromatic rings. The first kappa shape index (κ1) is 16.0. The summed E-state index contributed by atoms with van der Waals surface area (Å²) in [5, 5.41) is 14.2. The van der Waals surface area contributed by atoms with Gasteiger partial charge < -0.3 is 15.2 Å². The molecule has 21 heavy (non-hydrogen) atoms. The van der Waals surface area contributed by atoms with Gasteiger partial charge in [0, 0.05) is 6.54 Å². The van der Waals surface area contributed by atoms with Crippen molar-refractivity contribution in [2.45, 2.75) is 13.0 Å². The molecule has 0 aliphatic heterocycles. The van der Waals surface area contributed by atoms with Crippen molar-refractivity contribution in [1.82, 2.24) is 0 Å². The van der Waals surface area contributed by atoms with Gasteiger partial charge in [0.25, 0.3) is 0 Å². The summed E-state index contributed by atoms with van der Waals surface area (Å²) in [6.45, 7) is 2.47. The number of nitrogens with one attached hydrogen (secondary N) is 1. The van der Waals surface area contributed by atoms with E-state index in [0.717, 1.165) is 11.3 Å². The van der Waals surface area contributed by atoms with Gasteiger partial charge in [0.1, 0.15) is 18.5 Å². The van der Waals surface area contributed by atoms with E-state index >= 15 is 0 Å². The molecule has 0 aromatic heterocycles. The van der Waals surface area contributed by atoms with Gasteiger partial charge in [0.05, 0.1) is 15.7 Å². The summed E-state index contributed by atoms with van der Waals surface area (Å²) < 4.78 is 5.48. The van der Waals surface area contributed by atoms with Crippen molar-refractivity contribution in [3.05, 3.63) is 58.1 Å². The van der Waals surface area contributed by atoms with Gasteiger partial charge in [-0.1, -0.05) is 41.4 Å². The van der Waals surface area contributed by atoms with Crippen LogP contribution in [-0.2, 0) is 0 Å². The van der Waals surface area contributed by atoms with Crippen LogP contribution in [0.15, 0.2) is 42.5 Å². The molecule has 0 bridgehead atoms. The largest absolute Gasteiger partial charge is 0.489 e. The normalized spacial score (nSPS) is 12.0. The van der Waals surface area contributed by atoms with Gasteiger partial charge >= 0.3 is 0 Å². The number of para-hydroxylation sites is 1. The maximum Gasteiger partial charge on any atom is 0.138 e. The molecule has 0 saturated carbocycles. The van der Waals surface area contributed by atoms with Crippen molar-refractivity contribution in [3.8, 4) is 5.75 Å². The van der Waals surface area contributed by atoms with Gasteiger partial charge in [0.15, 0.2) is 0 Å². The Morgan fingerprint density at radius 1 is 1.14 bits per heavy atom. The molecule has 3 nitrogen and oxygen atoms in total. The van der Waals surface area contributed by atoms with Gasteiger partial charge in [-0.3, -0.25) is 0 Å². The number of ether oxygens (including phenoxy) is 1. The standard InChI is InChI=1S/C16H17Cl2NO2/c1-11-6-7-15(14(18)8-11)19-9-12(20)10-21-16-5-3-2-4-13(16)17/h2-8,12,19-20H,9-10H2,1H3. The van der Waals surface area contributed by atoms with Crippen molar-refractivity contribution in [2.75, 3.05) is 18.5 Å². The van der Waals surface area contributed by atoms with Crippen LogP contribution in [0, 0.1) is 6.92 Å². The van der Waals surface area contributed by atoms with Gasteiger partial charge in [-0.25, -0.2) is 0 Å². The Balaban J connectivity index is 1.82. The molecule has 0 aliphatic rings. The minimum atomic E-state index is -0.668. The third-order valence-electron chi connectivity index (χ3n) is 2.92. The Kier molecular flexibility index (Phi) is 5.74. The highest BCUT2D eigenvalue weighted by molar-refractivity contribution is 6.33. The second kappa shape index (κ2) is 7.55. The Bertz CT molecular complexity index is 605. The van der Waals surface area contributed by atoms with Crippen molar-refractivity contribution in [2.24, 2.45) is 0 Å². The number of halogens is 2. The fourth-order valence-electron chi connectivity index (χ4n) is 1.80. The Labute approximate surface area is 134 Å². The zero-order valence-electron chi connectivity index (χ0n) is 11.6. The predicted molar refractivity (Wildman–Crippen MR) is 87.6 cm³/mol. The predicted octanol–water partition coefficient (Wildman–Crippen LogP) is 4.15. The first-order chi connectivity index (χ1) is 10.1. The zero-order valence-corrected chi connectivity index (χ0v) is 13.2. The Morgan fingerprint density at radius 3 is 2.62 bits per heavy atom. The summed E-state index contributed by atoms with van der Waals surface area (Å²) in [4.78, 5) is 0. The number of rotatable bonds is 6. The molecule has 5 heteroatoms. The fourth-order valence-corrected chi connectivity index (χ4v) is 2.29. The number of aryl methyl sites for hydroxylation is 1. The van der Waals surface area contributed by atoms with Crippen molar-refractivity contribution in [1.29, 1.82) is 0 Å². The molecule has 2 N–H and O–H groups in total. The number of aliphatic hydroxyl groups excluding tert-OH is 1. The van der Waals surface area contributed by atoms with Crippen molar-refractivity contribution < 1.29 is 9.84 Å². The lowest BCUT2D eigenvalue weighted by atomic mass is 10.2. The molecule has 0 heterocycles. The second-order valence-corrected chi connectivity index (χ2v) is 5.57. The number of anilines is 1.